The highest BCUT2D eigenvalue weighted by molar-refractivity contribution is 5.92. The normalized spacial score (nSPS) is 31.2. The Hall–Kier alpha value is -3.03. The fourth-order valence-electron chi connectivity index (χ4n) is 6.18. The smallest absolute Gasteiger partial charge is 0.390 e. The van der Waals surface area contributed by atoms with Gasteiger partial charge in [0.2, 0.25) is 5.88 Å². The Bertz CT molecular complexity index is 966. The Morgan fingerprint density at radius 2 is 1.80 bits per heavy atom. The lowest BCUT2D eigenvalue weighted by Gasteiger charge is -2.61. The molecule has 4 aliphatic carbocycles. The Balaban J connectivity index is 1.32. The largest absolute Gasteiger partial charge is 0.414 e. The Labute approximate surface area is 174 Å². The van der Waals surface area contributed by atoms with Crippen LogP contribution < -0.4 is 15.4 Å². The van der Waals surface area contributed by atoms with Crippen LogP contribution in [0.5, 0.6) is 5.88 Å². The summed E-state index contributed by atoms with van der Waals surface area (Å²) >= 11 is 0. The van der Waals surface area contributed by atoms with Crippen molar-refractivity contribution in [2.45, 2.75) is 56.5 Å². The minimum absolute atomic E-state index is 0.148. The summed E-state index contributed by atoms with van der Waals surface area (Å²) in [6.45, 7) is 1.80. The van der Waals surface area contributed by atoms with Gasteiger partial charge in [-0.15, -0.1) is 0 Å². The van der Waals surface area contributed by atoms with E-state index in [1.54, 1.807) is 31.5 Å². The van der Waals surface area contributed by atoms with Gasteiger partial charge in [0, 0.05) is 23.5 Å². The van der Waals surface area contributed by atoms with Gasteiger partial charge in [0.05, 0.1) is 11.9 Å². The summed E-state index contributed by atoms with van der Waals surface area (Å²) in [5.41, 5.74) is 0.434. The molecule has 4 bridgehead atoms. The summed E-state index contributed by atoms with van der Waals surface area (Å²) in [4.78, 5) is 37.9. The van der Waals surface area contributed by atoms with Crippen LogP contribution in [0.25, 0.3) is 0 Å². The van der Waals surface area contributed by atoms with Crippen molar-refractivity contribution in [2.24, 2.45) is 11.8 Å². The quantitative estimate of drug-likeness (QED) is 0.807. The molecule has 2 aromatic heterocycles. The third-order valence-corrected chi connectivity index (χ3v) is 6.63. The molecule has 8 heteroatoms. The van der Waals surface area contributed by atoms with Gasteiger partial charge in [0.25, 0.3) is 5.91 Å². The zero-order valence-electron chi connectivity index (χ0n) is 16.9. The topological polar surface area (TPSA) is 106 Å². The monoisotopic (exact) mass is 407 g/mol. The van der Waals surface area contributed by atoms with Crippen molar-refractivity contribution in [1.29, 1.82) is 0 Å². The molecule has 0 aromatic carbocycles. The number of carbonyl (C=O) groups is 2. The summed E-state index contributed by atoms with van der Waals surface area (Å²) in [5.74, 6) is 1.00. The molecule has 4 aliphatic rings. The van der Waals surface area contributed by atoms with E-state index in [0.717, 1.165) is 32.1 Å². The molecule has 2 aromatic rings. The van der Waals surface area contributed by atoms with E-state index in [9.17, 15) is 9.59 Å². The SMILES string of the molecule is Cc1cncc(OC(=O)NC23CC4CC(C2)CC(NC(=O)c2ccccn2)(C4)C3)n1. The van der Waals surface area contributed by atoms with Gasteiger partial charge in [-0.05, 0) is 69.4 Å². The number of rotatable bonds is 4. The predicted octanol–water partition coefficient (Wildman–Crippen LogP) is 2.79. The number of hydrogen-bond acceptors (Lipinski definition) is 6. The second kappa shape index (κ2) is 7.04. The Morgan fingerprint density at radius 3 is 2.47 bits per heavy atom. The van der Waals surface area contributed by atoms with Crippen molar-refractivity contribution < 1.29 is 14.3 Å². The van der Waals surface area contributed by atoms with Crippen LogP contribution in [0.3, 0.4) is 0 Å². The van der Waals surface area contributed by atoms with Crippen LogP contribution in [0.4, 0.5) is 4.79 Å². The van der Waals surface area contributed by atoms with Crippen LogP contribution in [-0.4, -0.2) is 38.0 Å². The Morgan fingerprint density at radius 1 is 1.07 bits per heavy atom. The number of nitrogens with one attached hydrogen (secondary N) is 2. The number of aromatic nitrogens is 3. The maximum atomic E-state index is 12.8. The van der Waals surface area contributed by atoms with Crippen molar-refractivity contribution in [3.05, 3.63) is 48.2 Å². The highest BCUT2D eigenvalue weighted by Crippen LogP contribution is 2.57. The molecule has 4 saturated carbocycles. The molecule has 2 heterocycles. The first-order valence-electron chi connectivity index (χ1n) is 10.4. The third kappa shape index (κ3) is 3.62. The first kappa shape index (κ1) is 19.0. The summed E-state index contributed by atoms with van der Waals surface area (Å²) in [5, 5.41) is 6.41. The lowest BCUT2D eigenvalue weighted by atomic mass is 9.50. The van der Waals surface area contributed by atoms with E-state index >= 15 is 0 Å². The zero-order chi connectivity index (χ0) is 20.8. The molecule has 2 N–H and O–H groups in total. The lowest BCUT2D eigenvalue weighted by molar-refractivity contribution is -0.0450. The van der Waals surface area contributed by atoms with Crippen LogP contribution in [0.1, 0.15) is 54.7 Å². The maximum Gasteiger partial charge on any atom is 0.414 e. The molecular weight excluding hydrogens is 382 g/mol. The molecule has 8 nitrogen and oxygen atoms in total. The van der Waals surface area contributed by atoms with Gasteiger partial charge in [-0.2, -0.15) is 0 Å². The van der Waals surface area contributed by atoms with E-state index in [-0.39, 0.29) is 22.9 Å². The second-order valence-corrected chi connectivity index (χ2v) is 9.20. The molecular formula is C22H25N5O3. The number of carbonyl (C=O) groups excluding carboxylic acids is 2. The molecule has 0 saturated heterocycles. The molecule has 30 heavy (non-hydrogen) atoms. The van der Waals surface area contributed by atoms with Crippen LogP contribution in [0.2, 0.25) is 0 Å². The number of ether oxygens (including phenoxy) is 1. The average Bonchev–Trinajstić information content (AvgIpc) is 2.66. The number of pyridine rings is 1. The summed E-state index contributed by atoms with van der Waals surface area (Å²) < 4.78 is 5.40. The van der Waals surface area contributed by atoms with Gasteiger partial charge in [0.15, 0.2) is 0 Å². The summed E-state index contributed by atoms with van der Waals surface area (Å²) in [6.07, 6.45) is 9.75. The fourth-order valence-corrected chi connectivity index (χ4v) is 6.18. The zero-order valence-corrected chi connectivity index (χ0v) is 16.9. The highest BCUT2D eigenvalue weighted by Gasteiger charge is 2.59. The van der Waals surface area contributed by atoms with Gasteiger partial charge >= 0.3 is 6.09 Å². The average molecular weight is 407 g/mol. The lowest BCUT2D eigenvalue weighted by Crippen LogP contribution is -2.70. The standard InChI is InChI=1S/C22H25N5O3/c1-14-11-23-12-18(25-14)30-20(29)27-22-9-15-6-16(10-22)8-21(7-15,13-22)26-19(28)17-4-2-3-5-24-17/h2-5,11-12,15-16H,6-10,13H2,1H3,(H,26,28)(H,27,29). The van der Waals surface area contributed by atoms with E-state index in [1.165, 1.54) is 6.20 Å². The summed E-state index contributed by atoms with van der Waals surface area (Å²) in [7, 11) is 0. The van der Waals surface area contributed by atoms with Gasteiger partial charge in [-0.1, -0.05) is 6.07 Å². The van der Waals surface area contributed by atoms with E-state index in [4.69, 9.17) is 4.74 Å². The van der Waals surface area contributed by atoms with Gasteiger partial charge < -0.3 is 15.4 Å². The van der Waals surface area contributed by atoms with E-state index in [1.807, 2.05) is 6.07 Å². The van der Waals surface area contributed by atoms with Crippen molar-refractivity contribution in [3.8, 4) is 5.88 Å². The van der Waals surface area contributed by atoms with Crippen molar-refractivity contribution >= 4 is 12.0 Å². The van der Waals surface area contributed by atoms with Crippen molar-refractivity contribution in [1.82, 2.24) is 25.6 Å². The molecule has 0 aliphatic heterocycles. The second-order valence-electron chi connectivity index (χ2n) is 9.20. The van der Waals surface area contributed by atoms with Gasteiger partial charge in [-0.3, -0.25) is 14.8 Å². The van der Waals surface area contributed by atoms with Gasteiger partial charge in [-0.25, -0.2) is 9.78 Å². The molecule has 6 rings (SSSR count). The number of nitrogens with zero attached hydrogens (tertiary/aromatic N) is 3. The molecule has 4 fully saturated rings. The molecule has 2 amide bonds. The minimum Gasteiger partial charge on any atom is -0.390 e. The van der Waals surface area contributed by atoms with Crippen LogP contribution >= 0.6 is 0 Å². The first-order chi connectivity index (χ1) is 14.4. The highest BCUT2D eigenvalue weighted by atomic mass is 16.6. The molecule has 0 spiro atoms. The minimum atomic E-state index is -0.511. The van der Waals surface area contributed by atoms with E-state index < -0.39 is 6.09 Å². The first-order valence-corrected chi connectivity index (χ1v) is 10.4. The fraction of sp³-hybridized carbons (Fsp3) is 0.500. The number of hydrogen-bond donors (Lipinski definition) is 2. The number of amides is 2. The molecule has 2 unspecified atom stereocenters. The van der Waals surface area contributed by atoms with Crippen LogP contribution in [0.15, 0.2) is 36.8 Å². The van der Waals surface area contributed by atoms with Gasteiger partial charge in [0.1, 0.15) is 5.69 Å². The third-order valence-electron chi connectivity index (χ3n) is 6.63. The number of aryl methyl sites for hydroxylation is 1. The molecule has 156 valence electrons. The van der Waals surface area contributed by atoms with E-state index in [0.29, 0.717) is 29.6 Å². The van der Waals surface area contributed by atoms with Crippen LogP contribution in [0, 0.1) is 18.8 Å². The van der Waals surface area contributed by atoms with Crippen molar-refractivity contribution in [3.63, 3.8) is 0 Å². The van der Waals surface area contributed by atoms with E-state index in [2.05, 4.69) is 25.6 Å². The summed E-state index contributed by atoms with van der Waals surface area (Å²) in [6, 6.07) is 5.34. The Kier molecular flexibility index (Phi) is 4.45. The van der Waals surface area contributed by atoms with Crippen LogP contribution in [-0.2, 0) is 0 Å². The molecule has 2 atom stereocenters. The molecule has 0 radical (unpaired) electrons. The van der Waals surface area contributed by atoms with Crippen molar-refractivity contribution in [2.75, 3.05) is 0 Å². The predicted molar refractivity (Wildman–Crippen MR) is 108 cm³/mol. The maximum absolute atomic E-state index is 12.8.